The molecule has 140 valence electrons. The molecule has 0 amide bonds. The first-order valence-electron chi connectivity index (χ1n) is 6.80. The zero-order chi connectivity index (χ0) is 19.5. The summed E-state index contributed by atoms with van der Waals surface area (Å²) >= 11 is 2.90. The Kier molecular flexibility index (Phi) is 5.81. The van der Waals surface area contributed by atoms with E-state index in [9.17, 15) is 26.4 Å². The van der Waals surface area contributed by atoms with E-state index in [-0.39, 0.29) is 16.1 Å². The van der Waals surface area contributed by atoms with Gasteiger partial charge in [0.25, 0.3) is 10.0 Å². The van der Waals surface area contributed by atoms with Gasteiger partial charge in [-0.15, -0.1) is 13.2 Å². The van der Waals surface area contributed by atoms with Crippen molar-refractivity contribution in [3.8, 4) is 5.75 Å². The Balaban J connectivity index is 2.30. The minimum absolute atomic E-state index is 0.100. The van der Waals surface area contributed by atoms with Gasteiger partial charge >= 0.3 is 12.3 Å². The first-order chi connectivity index (χ1) is 12.0. The molecule has 2 aromatic rings. The molecule has 0 aliphatic heterocycles. The topological polar surface area (TPSA) is 72.9 Å². The molecule has 2 aromatic carbocycles. The number of carbonyl (C=O) groups is 1. The summed E-state index contributed by atoms with van der Waals surface area (Å²) in [6.07, 6.45) is -4.88. The molecule has 0 saturated carbocycles. The van der Waals surface area contributed by atoms with Gasteiger partial charge in [0.15, 0.2) is 0 Å². The lowest BCUT2D eigenvalue weighted by atomic mass is 10.2. The molecule has 0 aromatic heterocycles. The van der Waals surface area contributed by atoms with Crippen molar-refractivity contribution in [1.29, 1.82) is 0 Å². The van der Waals surface area contributed by atoms with Crippen LogP contribution in [0.4, 0.5) is 18.9 Å². The van der Waals surface area contributed by atoms with E-state index in [1.165, 1.54) is 31.4 Å². The van der Waals surface area contributed by atoms with Gasteiger partial charge in [0.1, 0.15) is 5.75 Å². The lowest BCUT2D eigenvalue weighted by molar-refractivity contribution is -0.274. The van der Waals surface area contributed by atoms with Crippen LogP contribution in [0.2, 0.25) is 0 Å². The number of nitrogens with zero attached hydrogens (tertiary/aromatic N) is 1. The van der Waals surface area contributed by atoms with Gasteiger partial charge in [0.05, 0.1) is 39.4 Å². The van der Waals surface area contributed by atoms with E-state index in [0.717, 1.165) is 24.3 Å². The Bertz CT molecular complexity index is 900. The number of sulfonamides is 1. The Labute approximate surface area is 155 Å². The minimum Gasteiger partial charge on any atom is -0.465 e. The highest BCUT2D eigenvalue weighted by molar-refractivity contribution is 9.11. The fourth-order valence-electron chi connectivity index (χ4n) is 1.90. The van der Waals surface area contributed by atoms with Gasteiger partial charge in [0, 0.05) is 0 Å². The zero-order valence-electron chi connectivity index (χ0n) is 13.0. The molecule has 0 spiro atoms. The Morgan fingerprint density at radius 3 is 2.27 bits per heavy atom. The van der Waals surface area contributed by atoms with Crippen LogP contribution in [-0.2, 0) is 14.8 Å². The Hall–Kier alpha value is -2.27. The summed E-state index contributed by atoms with van der Waals surface area (Å²) in [5, 5.41) is 0. The maximum absolute atomic E-state index is 12.6. The molecule has 0 radical (unpaired) electrons. The number of halogens is 4. The van der Waals surface area contributed by atoms with E-state index in [4.69, 9.17) is 0 Å². The second-order valence-electron chi connectivity index (χ2n) is 4.78. The fourth-order valence-corrected chi connectivity index (χ4v) is 3.68. The molecule has 0 bridgehead atoms. The van der Waals surface area contributed by atoms with Gasteiger partial charge in [-0.3, -0.25) is 0 Å². The first kappa shape index (κ1) is 20.0. The van der Waals surface area contributed by atoms with Gasteiger partial charge in [-0.25, -0.2) is 13.2 Å². The van der Waals surface area contributed by atoms with Crippen LogP contribution in [0, 0.1) is 0 Å². The highest BCUT2D eigenvalue weighted by atomic mass is 79.9. The normalized spacial score (nSPS) is 11.7. The van der Waals surface area contributed by atoms with Crippen LogP contribution < -0.4 is 8.07 Å². The van der Waals surface area contributed by atoms with Crippen molar-refractivity contribution >= 4 is 37.8 Å². The molecule has 0 fully saturated rings. The maximum Gasteiger partial charge on any atom is 0.573 e. The smallest absolute Gasteiger partial charge is 0.465 e. The third-order valence-corrected chi connectivity index (χ3v) is 6.09. The minimum atomic E-state index is -4.88. The number of ether oxygens (including phenoxy) is 2. The van der Waals surface area contributed by atoms with Crippen molar-refractivity contribution < 1.29 is 35.9 Å². The van der Waals surface area contributed by atoms with Crippen LogP contribution in [0.5, 0.6) is 5.75 Å². The van der Waals surface area contributed by atoms with Crippen LogP contribution >= 0.6 is 16.1 Å². The van der Waals surface area contributed by atoms with Crippen LogP contribution in [0.25, 0.3) is 0 Å². The molecule has 0 aliphatic rings. The zero-order valence-corrected chi connectivity index (χ0v) is 15.4. The summed E-state index contributed by atoms with van der Waals surface area (Å²) in [4.78, 5) is 11.3. The molecule has 0 N–H and O–H groups in total. The molecule has 2 rings (SSSR count). The van der Waals surface area contributed by atoms with Gasteiger partial charge < -0.3 is 9.47 Å². The summed E-state index contributed by atoms with van der Waals surface area (Å²) in [5.74, 6) is -1.20. The SMILES string of the molecule is COC(=O)c1cccc(N(Br)S(=O)(=O)c2ccc(OC(F)(F)F)cc2)c1. The van der Waals surface area contributed by atoms with E-state index in [0.29, 0.717) is 3.33 Å². The van der Waals surface area contributed by atoms with Gasteiger partial charge in [-0.2, -0.15) is 3.33 Å². The summed E-state index contributed by atoms with van der Waals surface area (Å²) in [7, 11) is -2.96. The van der Waals surface area contributed by atoms with Crippen molar-refractivity contribution in [1.82, 2.24) is 0 Å². The molecule has 0 atom stereocenters. The summed E-state index contributed by atoms with van der Waals surface area (Å²) < 4.78 is 70.6. The van der Waals surface area contributed by atoms with Crippen molar-refractivity contribution in [2.24, 2.45) is 0 Å². The van der Waals surface area contributed by atoms with Gasteiger partial charge in [-0.1, -0.05) is 6.07 Å². The molecule has 0 unspecified atom stereocenters. The first-order valence-corrected chi connectivity index (χ1v) is 8.95. The van der Waals surface area contributed by atoms with E-state index >= 15 is 0 Å². The molecule has 0 heterocycles. The Morgan fingerprint density at radius 1 is 1.12 bits per heavy atom. The molecular formula is C15H11BrF3NO5S. The average Bonchev–Trinajstić information content (AvgIpc) is 2.59. The number of alkyl halides is 3. The predicted molar refractivity (Wildman–Crippen MR) is 89.5 cm³/mol. The number of hydrogen-bond acceptors (Lipinski definition) is 5. The standard InChI is InChI=1S/C15H11BrF3NO5S/c1-24-14(21)10-3-2-4-11(9-10)20(16)26(22,23)13-7-5-12(6-8-13)25-15(17,18)19/h2-9H,1H3. The molecular weight excluding hydrogens is 443 g/mol. The third kappa shape index (κ3) is 4.67. The van der Waals surface area contributed by atoms with Crippen LogP contribution in [0.15, 0.2) is 53.4 Å². The summed E-state index contributed by atoms with van der Waals surface area (Å²) in [6, 6.07) is 9.28. The molecule has 6 nitrogen and oxygen atoms in total. The second-order valence-corrected chi connectivity index (χ2v) is 7.75. The Morgan fingerprint density at radius 2 is 1.73 bits per heavy atom. The number of hydrogen-bond donors (Lipinski definition) is 0. The number of benzene rings is 2. The quantitative estimate of drug-likeness (QED) is 0.507. The monoisotopic (exact) mass is 453 g/mol. The maximum atomic E-state index is 12.6. The summed E-state index contributed by atoms with van der Waals surface area (Å²) in [6.45, 7) is 0. The number of rotatable bonds is 5. The van der Waals surface area contributed by atoms with E-state index in [2.05, 4.69) is 25.6 Å². The van der Waals surface area contributed by atoms with Crippen LogP contribution in [-0.4, -0.2) is 27.9 Å². The lowest BCUT2D eigenvalue weighted by Gasteiger charge is -2.17. The van der Waals surface area contributed by atoms with Crippen LogP contribution in [0.3, 0.4) is 0 Å². The van der Waals surface area contributed by atoms with Crippen LogP contribution in [0.1, 0.15) is 10.4 Å². The van der Waals surface area contributed by atoms with E-state index in [1.54, 1.807) is 0 Å². The van der Waals surface area contributed by atoms with Crippen molar-refractivity contribution in [2.45, 2.75) is 11.3 Å². The largest absolute Gasteiger partial charge is 0.573 e. The lowest BCUT2D eigenvalue weighted by Crippen LogP contribution is -2.21. The number of esters is 1. The van der Waals surface area contributed by atoms with Gasteiger partial charge in [0.2, 0.25) is 0 Å². The van der Waals surface area contributed by atoms with E-state index in [1.807, 2.05) is 0 Å². The summed E-state index contributed by atoms with van der Waals surface area (Å²) in [5.41, 5.74) is 0.224. The van der Waals surface area contributed by atoms with Gasteiger partial charge in [-0.05, 0) is 42.5 Å². The van der Waals surface area contributed by atoms with Crippen molar-refractivity contribution in [2.75, 3.05) is 10.4 Å². The number of anilines is 1. The second kappa shape index (κ2) is 7.54. The highest BCUT2D eigenvalue weighted by Gasteiger charge is 2.31. The van der Waals surface area contributed by atoms with Crippen molar-refractivity contribution in [3.05, 3.63) is 54.1 Å². The average molecular weight is 454 g/mol. The van der Waals surface area contributed by atoms with E-state index < -0.39 is 28.1 Å². The number of methoxy groups -OCH3 is 1. The molecule has 26 heavy (non-hydrogen) atoms. The molecule has 0 aliphatic carbocycles. The van der Waals surface area contributed by atoms with Crippen molar-refractivity contribution in [3.63, 3.8) is 0 Å². The number of carbonyl (C=O) groups excluding carboxylic acids is 1. The molecule has 0 saturated heterocycles. The predicted octanol–water partition coefficient (Wildman–Crippen LogP) is 3.88. The molecule has 11 heteroatoms. The third-order valence-electron chi connectivity index (χ3n) is 3.04. The highest BCUT2D eigenvalue weighted by Crippen LogP contribution is 2.30. The fraction of sp³-hybridized carbons (Fsp3) is 0.133.